The third-order valence-corrected chi connectivity index (χ3v) is 7.20. The molecule has 0 aliphatic rings. The zero-order valence-electron chi connectivity index (χ0n) is 23.9. The van der Waals surface area contributed by atoms with Crippen molar-refractivity contribution in [2.45, 2.75) is 12.8 Å². The van der Waals surface area contributed by atoms with Gasteiger partial charge in [0.1, 0.15) is 45.7 Å². The molecule has 7 N–H and O–H groups in total. The summed E-state index contributed by atoms with van der Waals surface area (Å²) in [6.07, 6.45) is 0.298. The van der Waals surface area contributed by atoms with Gasteiger partial charge in [-0.3, -0.25) is 0 Å². The molecule has 0 bridgehead atoms. The topological polar surface area (TPSA) is 202 Å². The van der Waals surface area contributed by atoms with Crippen molar-refractivity contribution >= 4 is 21.9 Å². The second-order valence-corrected chi connectivity index (χ2v) is 10.2. The first kappa shape index (κ1) is 31.6. The summed E-state index contributed by atoms with van der Waals surface area (Å²) in [4.78, 5) is 24.7. The summed E-state index contributed by atoms with van der Waals surface area (Å²) < 4.78 is 23.7. The first-order valence-corrected chi connectivity index (χ1v) is 13.8. The molecule has 12 heteroatoms. The van der Waals surface area contributed by atoms with E-state index in [2.05, 4.69) is 0 Å². The Hall–Kier alpha value is -5.85. The summed E-state index contributed by atoms with van der Waals surface area (Å²) in [7, 11) is 0. The maximum Gasteiger partial charge on any atom is 0.344 e. The largest absolute Gasteiger partial charge is 0.508 e. The van der Waals surface area contributed by atoms with E-state index in [4.69, 9.17) is 8.83 Å². The van der Waals surface area contributed by atoms with Crippen LogP contribution in [0.15, 0.2) is 91.2 Å². The van der Waals surface area contributed by atoms with Crippen LogP contribution in [-0.4, -0.2) is 49.0 Å². The highest BCUT2D eigenvalue weighted by Crippen LogP contribution is 2.37. The Morgan fingerprint density at radius 2 is 0.957 bits per heavy atom. The fourth-order valence-electron chi connectivity index (χ4n) is 5.24. The molecule has 0 aliphatic carbocycles. The van der Waals surface area contributed by atoms with Crippen LogP contribution in [0.4, 0.5) is 4.39 Å². The molecule has 0 radical (unpaired) electrons. The smallest absolute Gasteiger partial charge is 0.344 e. The molecule has 46 heavy (non-hydrogen) atoms. The molecule has 236 valence electrons. The van der Waals surface area contributed by atoms with Gasteiger partial charge in [-0.15, -0.1) is 0 Å². The van der Waals surface area contributed by atoms with Crippen LogP contribution >= 0.6 is 0 Å². The molecule has 0 spiro atoms. The number of aromatic hydroxyl groups is 5. The van der Waals surface area contributed by atoms with Crippen LogP contribution < -0.4 is 11.3 Å². The average molecular weight is 631 g/mol. The van der Waals surface area contributed by atoms with E-state index in [-0.39, 0.29) is 88.2 Å². The van der Waals surface area contributed by atoms with E-state index in [0.717, 1.165) is 18.2 Å². The first-order valence-electron chi connectivity index (χ1n) is 13.8. The number of fused-ring (bicyclic) bond motifs is 2. The Morgan fingerprint density at radius 1 is 0.543 bits per heavy atom. The van der Waals surface area contributed by atoms with Gasteiger partial charge >= 0.3 is 11.3 Å². The van der Waals surface area contributed by atoms with Gasteiger partial charge in [-0.05, 0) is 72.5 Å². The number of aliphatic hydroxyl groups excluding tert-OH is 2. The predicted octanol–water partition coefficient (Wildman–Crippen LogP) is 4.66. The Labute approximate surface area is 258 Å². The first-order chi connectivity index (χ1) is 22.0. The van der Waals surface area contributed by atoms with Crippen molar-refractivity contribution < 1.29 is 49.0 Å². The van der Waals surface area contributed by atoms with Crippen LogP contribution in [0, 0.1) is 5.82 Å². The molecule has 4 aromatic carbocycles. The van der Waals surface area contributed by atoms with Crippen LogP contribution in [-0.2, 0) is 12.8 Å². The summed E-state index contributed by atoms with van der Waals surface area (Å²) in [5.41, 5.74) is 0.326. The van der Waals surface area contributed by atoms with E-state index in [0.29, 0.717) is 21.9 Å². The molecule has 6 rings (SSSR count). The van der Waals surface area contributed by atoms with E-state index in [9.17, 15) is 49.7 Å². The third-order valence-electron chi connectivity index (χ3n) is 7.20. The normalized spacial score (nSPS) is 11.0. The number of hydrogen-bond donors (Lipinski definition) is 7. The van der Waals surface area contributed by atoms with Crippen LogP contribution in [0.5, 0.6) is 28.7 Å². The van der Waals surface area contributed by atoms with Gasteiger partial charge < -0.3 is 44.6 Å². The van der Waals surface area contributed by atoms with E-state index < -0.39 is 17.1 Å². The second kappa shape index (κ2) is 13.0. The van der Waals surface area contributed by atoms with Crippen molar-refractivity contribution in [1.29, 1.82) is 0 Å². The molecular weight excluding hydrogens is 603 g/mol. The van der Waals surface area contributed by atoms with Crippen molar-refractivity contribution in [3.8, 4) is 51.0 Å². The van der Waals surface area contributed by atoms with E-state index in [1.54, 1.807) is 6.07 Å². The zero-order valence-corrected chi connectivity index (χ0v) is 23.9. The standard InChI is InChI=1S/C17H13FO5.C17H14O6/c18-9-1-3-11-12(5-6-19)16(17(22)23-15(11)7-9)13-4-2-10(20)8-14(13)21;18-6-5-12-11-3-1-10(20)8-15(11)23-17(22)16(12)13-4-2-9(19)7-14(13)21/h1-4,7-8,19-21H,5-6H2;1-4,7-8,18-21H,5-6H2. The van der Waals surface area contributed by atoms with Crippen LogP contribution in [0.2, 0.25) is 0 Å². The van der Waals surface area contributed by atoms with E-state index in [1.807, 2.05) is 0 Å². The van der Waals surface area contributed by atoms with Crippen LogP contribution in [0.25, 0.3) is 44.2 Å². The summed E-state index contributed by atoms with van der Waals surface area (Å²) in [5, 5.41) is 68.0. The Kier molecular flexibility index (Phi) is 8.94. The van der Waals surface area contributed by atoms with Crippen LogP contribution in [0.3, 0.4) is 0 Å². The molecule has 0 fully saturated rings. The summed E-state index contributed by atoms with van der Waals surface area (Å²) in [6, 6.07) is 15.8. The summed E-state index contributed by atoms with van der Waals surface area (Å²) in [5.74, 6) is -1.44. The lowest BCUT2D eigenvalue weighted by Gasteiger charge is -2.12. The lowest BCUT2D eigenvalue weighted by molar-refractivity contribution is 0.299. The molecule has 0 saturated carbocycles. The van der Waals surface area contributed by atoms with Crippen LogP contribution in [0.1, 0.15) is 11.1 Å². The molecule has 0 atom stereocenters. The number of rotatable bonds is 6. The minimum Gasteiger partial charge on any atom is -0.508 e. The highest BCUT2D eigenvalue weighted by molar-refractivity contribution is 5.90. The van der Waals surface area contributed by atoms with E-state index >= 15 is 0 Å². The minimum atomic E-state index is -0.757. The highest BCUT2D eigenvalue weighted by atomic mass is 19.1. The number of hydrogen-bond acceptors (Lipinski definition) is 11. The van der Waals surface area contributed by atoms with Gasteiger partial charge in [0.2, 0.25) is 0 Å². The van der Waals surface area contributed by atoms with Gasteiger partial charge in [0.25, 0.3) is 0 Å². The van der Waals surface area contributed by atoms with E-state index in [1.165, 1.54) is 48.5 Å². The fraction of sp³-hybridized carbons (Fsp3) is 0.118. The predicted molar refractivity (Wildman–Crippen MR) is 166 cm³/mol. The monoisotopic (exact) mass is 630 g/mol. The molecular formula is C34H27FO11. The lowest BCUT2D eigenvalue weighted by atomic mass is 9.95. The molecule has 11 nitrogen and oxygen atoms in total. The van der Waals surface area contributed by atoms with Gasteiger partial charge in [-0.1, -0.05) is 0 Å². The maximum atomic E-state index is 13.3. The number of aliphatic hydroxyl groups is 2. The van der Waals surface area contributed by atoms with Crippen molar-refractivity contribution in [3.05, 3.63) is 111 Å². The van der Waals surface area contributed by atoms with Crippen molar-refractivity contribution in [1.82, 2.24) is 0 Å². The molecule has 0 amide bonds. The molecule has 2 aromatic heterocycles. The average Bonchev–Trinajstić information content (AvgIpc) is 2.99. The van der Waals surface area contributed by atoms with Gasteiger partial charge in [0.05, 0.1) is 11.1 Å². The van der Waals surface area contributed by atoms with Crippen molar-refractivity contribution in [3.63, 3.8) is 0 Å². The third kappa shape index (κ3) is 6.20. The molecule has 0 saturated heterocycles. The molecule has 6 aromatic rings. The Morgan fingerprint density at radius 3 is 1.41 bits per heavy atom. The summed E-state index contributed by atoms with van der Waals surface area (Å²) in [6.45, 7) is -0.437. The SMILES string of the molecule is O=c1oc2cc(F)ccc2c(CCO)c1-c1ccc(O)cc1O.O=c1oc2cc(O)ccc2c(CCO)c1-c1ccc(O)cc1O. The molecule has 0 unspecified atom stereocenters. The lowest BCUT2D eigenvalue weighted by Crippen LogP contribution is -2.09. The van der Waals surface area contributed by atoms with Gasteiger partial charge in [-0.25, -0.2) is 14.0 Å². The molecule has 0 aliphatic heterocycles. The zero-order chi connectivity index (χ0) is 33.1. The van der Waals surface area contributed by atoms with Gasteiger partial charge in [0, 0.05) is 59.4 Å². The summed E-state index contributed by atoms with van der Waals surface area (Å²) >= 11 is 0. The van der Waals surface area contributed by atoms with Crippen molar-refractivity contribution in [2.24, 2.45) is 0 Å². The Bertz CT molecular complexity index is 2050. The number of phenolic OH excluding ortho intramolecular Hbond substituents is 5. The minimum absolute atomic E-state index is 0.0455. The Balaban J connectivity index is 0.000000181. The quantitative estimate of drug-likeness (QED) is 0.126. The second-order valence-electron chi connectivity index (χ2n) is 10.2. The fourth-order valence-corrected chi connectivity index (χ4v) is 5.24. The van der Waals surface area contributed by atoms with Gasteiger partial charge in [-0.2, -0.15) is 0 Å². The maximum absolute atomic E-state index is 13.3. The highest BCUT2D eigenvalue weighted by Gasteiger charge is 2.21. The molecule has 2 heterocycles. The van der Waals surface area contributed by atoms with Gasteiger partial charge in [0.15, 0.2) is 0 Å². The number of benzene rings is 4. The van der Waals surface area contributed by atoms with Crippen molar-refractivity contribution in [2.75, 3.05) is 13.2 Å². The number of halogens is 1. The number of phenols is 5.